The average molecular weight is 292 g/mol. The molecule has 0 heterocycles. The number of benzene rings is 1. The lowest BCUT2D eigenvalue weighted by atomic mass is 9.82. The van der Waals surface area contributed by atoms with Crippen molar-refractivity contribution in [3.63, 3.8) is 0 Å². The number of rotatable bonds is 5. The molecule has 1 aromatic rings. The third-order valence-electron chi connectivity index (χ3n) is 4.00. The Morgan fingerprint density at radius 3 is 2.81 bits per heavy atom. The number of ketones is 1. The van der Waals surface area contributed by atoms with Gasteiger partial charge in [0.1, 0.15) is 12.4 Å². The summed E-state index contributed by atoms with van der Waals surface area (Å²) in [7, 11) is 1.47. The quantitative estimate of drug-likeness (QED) is 0.905. The molecule has 0 amide bonds. The highest BCUT2D eigenvalue weighted by atomic mass is 19.1. The van der Waals surface area contributed by atoms with Crippen LogP contribution >= 0.6 is 0 Å². The molecule has 0 aromatic heterocycles. The number of methoxy groups -OCH3 is 1. The number of aliphatic hydroxyl groups is 1. The smallest absolute Gasteiger partial charge is 0.168 e. The van der Waals surface area contributed by atoms with Gasteiger partial charge >= 0.3 is 0 Å². The normalized spacial score (nSPS) is 22.0. The first kappa shape index (κ1) is 15.7. The third-order valence-corrected chi connectivity index (χ3v) is 4.00. The van der Waals surface area contributed by atoms with E-state index in [1.54, 1.807) is 25.1 Å². The van der Waals surface area contributed by atoms with Gasteiger partial charge in [0.15, 0.2) is 5.78 Å². The van der Waals surface area contributed by atoms with Crippen LogP contribution in [0.3, 0.4) is 0 Å². The maximum Gasteiger partial charge on any atom is 0.168 e. The van der Waals surface area contributed by atoms with Crippen molar-refractivity contribution in [3.8, 4) is 0 Å². The Labute approximate surface area is 124 Å². The van der Waals surface area contributed by atoms with Gasteiger partial charge in [0.05, 0.1) is 11.7 Å². The van der Waals surface area contributed by atoms with Gasteiger partial charge in [-0.25, -0.2) is 4.39 Å². The first-order chi connectivity index (χ1) is 10.0. The van der Waals surface area contributed by atoms with Gasteiger partial charge in [0.2, 0.25) is 0 Å². The molecule has 2 unspecified atom stereocenters. The van der Waals surface area contributed by atoms with E-state index in [9.17, 15) is 14.3 Å². The van der Waals surface area contributed by atoms with Crippen LogP contribution in [0.1, 0.15) is 24.0 Å². The van der Waals surface area contributed by atoms with Crippen LogP contribution in [0.25, 0.3) is 0 Å². The van der Waals surface area contributed by atoms with Crippen LogP contribution in [0.2, 0.25) is 0 Å². The Hall–Kier alpha value is -1.68. The van der Waals surface area contributed by atoms with E-state index in [0.29, 0.717) is 18.4 Å². The lowest BCUT2D eigenvalue weighted by Gasteiger charge is -2.24. The van der Waals surface area contributed by atoms with E-state index >= 15 is 0 Å². The third kappa shape index (κ3) is 3.91. The molecule has 0 saturated heterocycles. The minimum atomic E-state index is -0.448. The van der Waals surface area contributed by atoms with Crippen LogP contribution in [0.15, 0.2) is 30.0 Å². The van der Waals surface area contributed by atoms with E-state index in [4.69, 9.17) is 4.74 Å². The summed E-state index contributed by atoms with van der Waals surface area (Å²) in [4.78, 5) is 11.8. The van der Waals surface area contributed by atoms with Crippen molar-refractivity contribution in [2.75, 3.05) is 13.7 Å². The zero-order valence-corrected chi connectivity index (χ0v) is 12.4. The van der Waals surface area contributed by atoms with Crippen molar-refractivity contribution in [2.45, 2.75) is 26.2 Å². The number of ether oxygens (including phenoxy) is 1. The second-order valence-corrected chi connectivity index (χ2v) is 5.67. The van der Waals surface area contributed by atoms with Gasteiger partial charge in [-0.05, 0) is 55.4 Å². The van der Waals surface area contributed by atoms with Crippen molar-refractivity contribution in [2.24, 2.45) is 11.8 Å². The summed E-state index contributed by atoms with van der Waals surface area (Å²) in [5.41, 5.74) is 1.54. The van der Waals surface area contributed by atoms with Crippen LogP contribution < -0.4 is 0 Å². The van der Waals surface area contributed by atoms with Gasteiger partial charge in [-0.3, -0.25) is 4.79 Å². The maximum absolute atomic E-state index is 13.5. The van der Waals surface area contributed by atoms with Crippen molar-refractivity contribution < 1.29 is 19.0 Å². The number of halogens is 1. The number of carbonyl (C=O) groups excluding carboxylic acids is 1. The topological polar surface area (TPSA) is 46.5 Å². The number of carbonyl (C=O) groups is 1. The fourth-order valence-corrected chi connectivity index (χ4v) is 2.77. The van der Waals surface area contributed by atoms with Crippen molar-refractivity contribution in [1.82, 2.24) is 0 Å². The largest absolute Gasteiger partial charge is 0.512 e. The summed E-state index contributed by atoms with van der Waals surface area (Å²) >= 11 is 0. The molecule has 0 aliphatic heterocycles. The van der Waals surface area contributed by atoms with Gasteiger partial charge < -0.3 is 9.84 Å². The molecule has 114 valence electrons. The van der Waals surface area contributed by atoms with Crippen LogP contribution in [0, 0.1) is 24.6 Å². The predicted octanol–water partition coefficient (Wildman–Crippen LogP) is 3.36. The van der Waals surface area contributed by atoms with Gasteiger partial charge in [0, 0.05) is 7.11 Å². The van der Waals surface area contributed by atoms with E-state index in [0.717, 1.165) is 12.0 Å². The fourth-order valence-electron chi connectivity index (χ4n) is 2.77. The Morgan fingerprint density at radius 2 is 2.19 bits per heavy atom. The molecule has 1 aliphatic rings. The molecular formula is C17H21FO3. The second-order valence-electron chi connectivity index (χ2n) is 5.67. The van der Waals surface area contributed by atoms with Gasteiger partial charge in [-0.2, -0.15) is 0 Å². The summed E-state index contributed by atoms with van der Waals surface area (Å²) in [6.07, 6.45) is 3.83. The first-order valence-corrected chi connectivity index (χ1v) is 7.18. The van der Waals surface area contributed by atoms with Crippen LogP contribution in [0.4, 0.5) is 4.39 Å². The van der Waals surface area contributed by atoms with Crippen LogP contribution in [-0.4, -0.2) is 24.6 Å². The monoisotopic (exact) mass is 292 g/mol. The number of allylic oxidation sites excluding steroid dienone is 2. The fraction of sp³-hybridized carbons (Fsp3) is 0.471. The molecule has 1 aromatic carbocycles. The SMILES string of the molecule is COCC(=O)C1CCC(Cc2ccc(C)c(F)c2)C=C1O. The van der Waals surface area contributed by atoms with E-state index < -0.39 is 5.92 Å². The standard InChI is InChI=1S/C17H21FO3/c1-11-3-4-12(8-15(11)18)7-13-5-6-14(16(19)9-13)17(20)10-21-2/h3-4,8-9,13-14,19H,5-7,10H2,1-2H3. The maximum atomic E-state index is 13.5. The molecule has 3 nitrogen and oxygen atoms in total. The lowest BCUT2D eigenvalue weighted by molar-refractivity contribution is -0.126. The number of aliphatic hydroxyl groups excluding tert-OH is 1. The number of hydrogen-bond acceptors (Lipinski definition) is 3. The van der Waals surface area contributed by atoms with Crippen LogP contribution in [-0.2, 0) is 16.0 Å². The molecule has 0 fully saturated rings. The minimum Gasteiger partial charge on any atom is -0.512 e. The number of hydrogen-bond donors (Lipinski definition) is 1. The average Bonchev–Trinajstić information content (AvgIpc) is 2.43. The van der Waals surface area contributed by atoms with E-state index in [1.807, 2.05) is 6.07 Å². The predicted molar refractivity (Wildman–Crippen MR) is 78.6 cm³/mol. The zero-order chi connectivity index (χ0) is 15.4. The van der Waals surface area contributed by atoms with Gasteiger partial charge in [0.25, 0.3) is 0 Å². The van der Waals surface area contributed by atoms with Gasteiger partial charge in [-0.1, -0.05) is 12.1 Å². The van der Waals surface area contributed by atoms with E-state index in [2.05, 4.69) is 0 Å². The summed E-state index contributed by atoms with van der Waals surface area (Å²) in [5.74, 6) is -0.480. The highest BCUT2D eigenvalue weighted by molar-refractivity contribution is 5.84. The summed E-state index contributed by atoms with van der Waals surface area (Å²) in [6.45, 7) is 1.76. The highest BCUT2D eigenvalue weighted by Gasteiger charge is 2.28. The molecule has 0 bridgehead atoms. The summed E-state index contributed by atoms with van der Waals surface area (Å²) in [5, 5.41) is 10.0. The van der Waals surface area contributed by atoms with Crippen molar-refractivity contribution in [1.29, 1.82) is 0 Å². The first-order valence-electron chi connectivity index (χ1n) is 7.18. The molecule has 2 rings (SSSR count). The molecule has 21 heavy (non-hydrogen) atoms. The molecular weight excluding hydrogens is 271 g/mol. The lowest BCUT2D eigenvalue weighted by Crippen LogP contribution is -2.26. The van der Waals surface area contributed by atoms with Gasteiger partial charge in [-0.15, -0.1) is 0 Å². The molecule has 1 aliphatic carbocycles. The van der Waals surface area contributed by atoms with Crippen molar-refractivity contribution >= 4 is 5.78 Å². The molecule has 0 radical (unpaired) electrons. The zero-order valence-electron chi connectivity index (χ0n) is 12.4. The Bertz CT molecular complexity index is 551. The second kappa shape index (κ2) is 6.85. The Kier molecular flexibility index (Phi) is 5.12. The number of aryl methyl sites for hydroxylation is 1. The molecule has 2 atom stereocenters. The van der Waals surface area contributed by atoms with E-state index in [1.165, 1.54) is 7.11 Å². The summed E-state index contributed by atoms with van der Waals surface area (Å²) < 4.78 is 18.4. The number of Topliss-reactive ketones (excluding diaryl/α,β-unsaturated/α-hetero) is 1. The minimum absolute atomic E-state index is 0.0242. The summed E-state index contributed by atoms with van der Waals surface area (Å²) in [6, 6.07) is 5.22. The van der Waals surface area contributed by atoms with E-state index in [-0.39, 0.29) is 29.9 Å². The van der Waals surface area contributed by atoms with Crippen molar-refractivity contribution in [3.05, 3.63) is 47.0 Å². The molecule has 0 saturated carbocycles. The molecule has 1 N–H and O–H groups in total. The Morgan fingerprint density at radius 1 is 1.43 bits per heavy atom. The Balaban J connectivity index is 2.03. The molecule has 4 heteroatoms. The van der Waals surface area contributed by atoms with Crippen LogP contribution in [0.5, 0.6) is 0 Å². The highest BCUT2D eigenvalue weighted by Crippen LogP contribution is 2.30. The molecule has 0 spiro atoms.